The van der Waals surface area contributed by atoms with Gasteiger partial charge >= 0.3 is 7.12 Å². The van der Waals surface area contributed by atoms with E-state index in [0.717, 1.165) is 89.2 Å². The summed E-state index contributed by atoms with van der Waals surface area (Å²) in [5.41, 5.74) is 25.7. The van der Waals surface area contributed by atoms with Crippen molar-refractivity contribution < 1.29 is 9.31 Å². The van der Waals surface area contributed by atoms with Crippen molar-refractivity contribution in [1.29, 1.82) is 0 Å². The molecule has 126 heavy (non-hydrogen) atoms. The molecule has 2 aliphatic carbocycles. The highest BCUT2D eigenvalue weighted by molar-refractivity contribution is 6.62. The van der Waals surface area contributed by atoms with Crippen LogP contribution in [0.1, 0.15) is 77.6 Å². The molecule has 1 aliphatic heterocycles. The maximum absolute atomic E-state index is 6.50. The minimum Gasteiger partial charge on any atom is -0.399 e. The Morgan fingerprint density at radius 3 is 1.00 bits per heavy atom. The first-order valence-electron chi connectivity index (χ1n) is 43.2. The number of nitrogens with zero attached hydrogens (tertiary/aromatic N) is 8. The Balaban J connectivity index is 0.000000121. The summed E-state index contributed by atoms with van der Waals surface area (Å²) in [6.45, 7) is 18.0. The third-order valence-electron chi connectivity index (χ3n) is 27.1. The molecule has 602 valence electrons. The van der Waals surface area contributed by atoms with Gasteiger partial charge in [0.1, 0.15) is 0 Å². The molecule has 0 saturated carbocycles. The van der Waals surface area contributed by atoms with Gasteiger partial charge in [-0.05, 0) is 227 Å². The maximum Gasteiger partial charge on any atom is 0.494 e. The molecule has 0 radical (unpaired) electrons. The third kappa shape index (κ3) is 12.2. The van der Waals surface area contributed by atoms with Gasteiger partial charge in [0.15, 0.2) is 5.82 Å². The second-order valence-corrected chi connectivity index (χ2v) is 35.9. The summed E-state index contributed by atoms with van der Waals surface area (Å²) in [5, 5.41) is 20.5. The maximum atomic E-state index is 6.50. The van der Waals surface area contributed by atoms with E-state index in [4.69, 9.17) is 30.9 Å². The van der Waals surface area contributed by atoms with Crippen LogP contribution in [0.3, 0.4) is 0 Å². The number of pyridine rings is 2. The molecule has 25 rings (SSSR count). The van der Waals surface area contributed by atoms with Gasteiger partial charge in [0.25, 0.3) is 0 Å². The number of rotatable bonds is 8. The average molecular weight is 1640 g/mol. The second-order valence-electron chi connectivity index (χ2n) is 35.6. The SMILES string of the molecule is CC1(C)c2cc3c4ccccc4c4ccccc4c3cc2-c2ccc3c4cnccc4n(-c4cccc(-c5nc(-c6ccccc6)cc(-c6ccccc6)n5)c4)c3c21.CC1(C)c2cc3c4ccccc4c4ccccc4c3cc2-c2ccc3c4cnccc4n(-c4cccc(B5OC(C)(C)C(C)(C)O5)c4)c3c21.Clc1nc(-c2ccccc2)cc(-c2ccccc2)n1. The standard InChI is InChI=1S/C54H36N4.C44H37BN2O2.C16H11ClN2/c1-54(2)47-30-44-40-23-12-10-21-38(40)37-20-9-11-22-39(37)43(44)29-45(47)41-24-25-42-46-32-55-27-26-50(46)58(52(42)51(41)54)36-19-13-18-35(28-36)53-56-48(33-14-5-3-6-15-33)31-49(57-53)34-16-7-4-8-17-34;1-42(2)38-24-35-31-17-10-8-15-29(31)28-14-7-9-16-30(28)34(35)23-36(38)32-18-19-33-37-25-46-21-20-39(37)47(41(33)40(32)42)27-13-11-12-26(22-27)45-48-43(3,4)44(5,6)49-45;17-16-18-14(12-7-3-1-4-8-12)11-15(19-16)13-9-5-2-6-10-13/h3-32H,1-2H3;7-25H,1-6H3;1-11H. The lowest BCUT2D eigenvalue weighted by Crippen LogP contribution is -2.41. The molecule has 1 fully saturated rings. The van der Waals surface area contributed by atoms with Gasteiger partial charge in [-0.15, -0.1) is 0 Å². The number of aromatic nitrogens is 8. The highest BCUT2D eigenvalue weighted by atomic mass is 35.5. The lowest BCUT2D eigenvalue weighted by Gasteiger charge is -2.32. The van der Waals surface area contributed by atoms with Crippen molar-refractivity contribution in [2.75, 3.05) is 0 Å². The van der Waals surface area contributed by atoms with Crippen molar-refractivity contribution in [2.45, 2.75) is 77.4 Å². The zero-order chi connectivity index (χ0) is 85.1. The topological polar surface area (TPSA) is 106 Å². The van der Waals surface area contributed by atoms with Gasteiger partial charge in [-0.25, -0.2) is 19.9 Å². The number of hydrogen-bond donors (Lipinski definition) is 0. The summed E-state index contributed by atoms with van der Waals surface area (Å²) in [7, 11) is -0.441. The first-order chi connectivity index (χ1) is 61.4. The van der Waals surface area contributed by atoms with Crippen LogP contribution in [0.15, 0.2) is 365 Å². The third-order valence-corrected chi connectivity index (χ3v) is 27.3. The zero-order valence-electron chi connectivity index (χ0n) is 71.0. The zero-order valence-corrected chi connectivity index (χ0v) is 71.7. The van der Waals surface area contributed by atoms with Crippen molar-refractivity contribution >= 4 is 132 Å². The summed E-state index contributed by atoms with van der Waals surface area (Å²) < 4.78 is 17.9. The van der Waals surface area contributed by atoms with Gasteiger partial charge in [0.2, 0.25) is 5.28 Å². The fourth-order valence-corrected chi connectivity index (χ4v) is 20.6. The minimum absolute atomic E-state index is 0.256. The van der Waals surface area contributed by atoms with E-state index in [0.29, 0.717) is 5.82 Å². The second kappa shape index (κ2) is 29.3. The molecule has 6 aromatic heterocycles. The van der Waals surface area contributed by atoms with Crippen LogP contribution in [-0.4, -0.2) is 57.4 Å². The van der Waals surface area contributed by atoms with E-state index in [1.54, 1.807) is 0 Å². The van der Waals surface area contributed by atoms with Crippen molar-refractivity contribution in [2.24, 2.45) is 0 Å². The molecule has 22 aromatic rings. The molecule has 12 heteroatoms. The van der Waals surface area contributed by atoms with Crippen LogP contribution in [0.5, 0.6) is 0 Å². The quantitative estimate of drug-likeness (QED) is 0.0841. The molecule has 16 aromatic carbocycles. The van der Waals surface area contributed by atoms with Crippen LogP contribution in [0.4, 0.5) is 0 Å². The molecule has 3 aliphatic rings. The molecule has 0 bridgehead atoms. The van der Waals surface area contributed by atoms with E-state index < -0.39 is 18.3 Å². The van der Waals surface area contributed by atoms with Gasteiger partial charge in [-0.1, -0.05) is 295 Å². The fourth-order valence-electron chi connectivity index (χ4n) is 20.4. The van der Waals surface area contributed by atoms with Crippen molar-refractivity contribution in [3.8, 4) is 90.0 Å². The van der Waals surface area contributed by atoms with Crippen molar-refractivity contribution in [3.63, 3.8) is 0 Å². The lowest BCUT2D eigenvalue weighted by atomic mass is 9.79. The van der Waals surface area contributed by atoms with E-state index in [1.807, 2.05) is 104 Å². The van der Waals surface area contributed by atoms with Gasteiger partial charge < -0.3 is 18.4 Å². The average Bonchev–Trinajstić information content (AvgIpc) is 1.46. The van der Waals surface area contributed by atoms with Crippen LogP contribution >= 0.6 is 11.6 Å². The minimum atomic E-state index is -0.441. The number of benzene rings is 16. The molecule has 0 atom stereocenters. The predicted molar refractivity (Wildman–Crippen MR) is 523 cm³/mol. The summed E-state index contributed by atoms with van der Waals surface area (Å²) in [4.78, 5) is 28.2. The fraction of sp³-hybridized carbons (Fsp3) is 0.105. The molecule has 0 spiro atoms. The molecule has 0 unspecified atom stereocenters. The predicted octanol–water partition coefficient (Wildman–Crippen LogP) is 28.4. The normalized spacial score (nSPS) is 14.4. The molecular weight excluding hydrogens is 1560 g/mol. The van der Waals surface area contributed by atoms with Crippen LogP contribution < -0.4 is 5.46 Å². The smallest absolute Gasteiger partial charge is 0.399 e. The van der Waals surface area contributed by atoms with Crippen molar-refractivity contribution in [3.05, 3.63) is 392 Å². The largest absolute Gasteiger partial charge is 0.494 e. The Kier molecular flexibility index (Phi) is 17.7. The van der Waals surface area contributed by atoms with E-state index in [2.05, 4.69) is 345 Å². The Labute approximate surface area is 735 Å². The van der Waals surface area contributed by atoms with Crippen LogP contribution in [0, 0.1) is 0 Å². The van der Waals surface area contributed by atoms with Gasteiger partial charge in [0, 0.05) is 96.4 Å². The Morgan fingerprint density at radius 1 is 0.278 bits per heavy atom. The number of hydrogen-bond acceptors (Lipinski definition) is 8. The summed E-state index contributed by atoms with van der Waals surface area (Å²) in [6, 6.07) is 121. The number of fused-ring (bicyclic) bond motifs is 26. The molecule has 0 N–H and O–H groups in total. The van der Waals surface area contributed by atoms with Gasteiger partial charge in [-0.3, -0.25) is 9.97 Å². The first kappa shape index (κ1) is 76.3. The van der Waals surface area contributed by atoms with E-state index in [1.165, 1.54) is 131 Å². The summed E-state index contributed by atoms with van der Waals surface area (Å²) in [6.07, 6.45) is 7.84. The van der Waals surface area contributed by atoms with Gasteiger partial charge in [0.05, 0.1) is 56.0 Å². The van der Waals surface area contributed by atoms with Crippen LogP contribution in [0.25, 0.3) is 198 Å². The van der Waals surface area contributed by atoms with Crippen molar-refractivity contribution in [1.82, 2.24) is 39.0 Å². The highest BCUT2D eigenvalue weighted by Gasteiger charge is 2.52. The van der Waals surface area contributed by atoms with Crippen LogP contribution in [-0.2, 0) is 20.1 Å². The van der Waals surface area contributed by atoms with E-state index in [-0.39, 0.29) is 16.1 Å². The first-order valence-corrected chi connectivity index (χ1v) is 43.6. The summed E-state index contributed by atoms with van der Waals surface area (Å²) in [5.74, 6) is 0.689. The van der Waals surface area contributed by atoms with E-state index in [9.17, 15) is 0 Å². The summed E-state index contributed by atoms with van der Waals surface area (Å²) >= 11 is 6.03. The molecule has 10 nitrogen and oxygen atoms in total. The Morgan fingerprint density at radius 2 is 0.611 bits per heavy atom. The monoisotopic (exact) mass is 1640 g/mol. The molecule has 1 saturated heterocycles. The van der Waals surface area contributed by atoms with Crippen LogP contribution in [0.2, 0.25) is 5.28 Å². The highest BCUT2D eigenvalue weighted by Crippen LogP contribution is 2.58. The lowest BCUT2D eigenvalue weighted by molar-refractivity contribution is 0.00578. The van der Waals surface area contributed by atoms with Gasteiger partial charge in [-0.2, -0.15) is 0 Å². The Bertz CT molecular complexity index is 8120. The molecule has 7 heterocycles. The Hall–Kier alpha value is -14.6. The number of halogens is 1. The van der Waals surface area contributed by atoms with E-state index >= 15 is 0 Å². The molecular formula is C114H84BClN8O2. The molecule has 0 amide bonds.